The highest BCUT2D eigenvalue weighted by molar-refractivity contribution is 9.10. The Morgan fingerprint density at radius 3 is 2.47 bits per heavy atom. The van der Waals surface area contributed by atoms with Gasteiger partial charge in [0.1, 0.15) is 5.75 Å². The fourth-order valence-corrected chi connectivity index (χ4v) is 6.07. The molecule has 1 aliphatic heterocycles. The standard InChI is InChI=1S/C22H36BrN3O3S/c1-29-21-8-9-22(23)19(16-21)15-18-10-13-26(14-11-18)12-2-3-17-4-6-20(7-5-17)25-30(24,27)28/h8-9,16-18,20,25H,2-7,10-15H2,1H3,(H2,24,27,28)/t17-,20-. The largest absolute Gasteiger partial charge is 0.497 e. The number of nitrogens with two attached hydrogens (primary N) is 1. The molecule has 0 amide bonds. The average molecular weight is 503 g/mol. The first-order chi connectivity index (χ1) is 14.3. The molecule has 1 aromatic carbocycles. The lowest BCUT2D eigenvalue weighted by Gasteiger charge is -2.33. The van der Waals surface area contributed by atoms with Gasteiger partial charge in [0.2, 0.25) is 0 Å². The van der Waals surface area contributed by atoms with Crippen molar-refractivity contribution in [2.45, 2.75) is 63.8 Å². The van der Waals surface area contributed by atoms with Gasteiger partial charge in [-0.1, -0.05) is 15.9 Å². The minimum Gasteiger partial charge on any atom is -0.497 e. The monoisotopic (exact) mass is 501 g/mol. The predicted octanol–water partition coefficient (Wildman–Crippen LogP) is 3.84. The summed E-state index contributed by atoms with van der Waals surface area (Å²) < 4.78 is 31.4. The van der Waals surface area contributed by atoms with Crippen molar-refractivity contribution in [3.63, 3.8) is 0 Å². The summed E-state index contributed by atoms with van der Waals surface area (Å²) in [6.07, 6.45) is 10.1. The van der Waals surface area contributed by atoms with Crippen LogP contribution in [0.5, 0.6) is 5.75 Å². The third kappa shape index (κ3) is 7.79. The number of piperidine rings is 1. The van der Waals surface area contributed by atoms with Crippen LogP contribution in [0.3, 0.4) is 0 Å². The molecule has 3 rings (SSSR count). The first kappa shape index (κ1) is 24.0. The van der Waals surface area contributed by atoms with Crippen LogP contribution in [0.4, 0.5) is 0 Å². The van der Waals surface area contributed by atoms with Crippen molar-refractivity contribution in [2.24, 2.45) is 17.0 Å². The van der Waals surface area contributed by atoms with E-state index < -0.39 is 10.2 Å². The van der Waals surface area contributed by atoms with Crippen molar-refractivity contribution < 1.29 is 13.2 Å². The molecular formula is C22H36BrN3O3S. The van der Waals surface area contributed by atoms with Crippen LogP contribution < -0.4 is 14.6 Å². The summed E-state index contributed by atoms with van der Waals surface area (Å²) in [5.41, 5.74) is 1.35. The molecule has 30 heavy (non-hydrogen) atoms. The van der Waals surface area contributed by atoms with E-state index in [4.69, 9.17) is 9.88 Å². The summed E-state index contributed by atoms with van der Waals surface area (Å²) >= 11 is 3.68. The van der Waals surface area contributed by atoms with Crippen LogP contribution in [0, 0.1) is 11.8 Å². The summed E-state index contributed by atoms with van der Waals surface area (Å²) in [6.45, 7) is 3.57. The van der Waals surface area contributed by atoms with Crippen LogP contribution >= 0.6 is 15.9 Å². The van der Waals surface area contributed by atoms with Gasteiger partial charge in [0.15, 0.2) is 0 Å². The quantitative estimate of drug-likeness (QED) is 0.538. The number of methoxy groups -OCH3 is 1. The number of likely N-dealkylation sites (tertiary alicyclic amines) is 1. The normalized spacial score (nSPS) is 24.1. The van der Waals surface area contributed by atoms with Crippen molar-refractivity contribution in [1.82, 2.24) is 9.62 Å². The number of rotatable bonds is 9. The second-order valence-corrected chi connectivity index (χ2v) is 11.1. The minimum atomic E-state index is -3.57. The summed E-state index contributed by atoms with van der Waals surface area (Å²) in [5.74, 6) is 2.40. The first-order valence-corrected chi connectivity index (χ1v) is 13.5. The summed E-state index contributed by atoms with van der Waals surface area (Å²) in [4.78, 5) is 2.62. The van der Waals surface area contributed by atoms with E-state index in [-0.39, 0.29) is 6.04 Å². The Bertz CT molecular complexity index is 774. The second-order valence-electron chi connectivity index (χ2n) is 8.97. The van der Waals surface area contributed by atoms with Gasteiger partial charge in [0.05, 0.1) is 7.11 Å². The highest BCUT2D eigenvalue weighted by atomic mass is 79.9. The van der Waals surface area contributed by atoms with E-state index >= 15 is 0 Å². The van der Waals surface area contributed by atoms with Gasteiger partial charge in [-0.15, -0.1) is 0 Å². The molecule has 0 aromatic heterocycles. The molecule has 3 N–H and O–H groups in total. The highest BCUT2D eigenvalue weighted by Gasteiger charge is 2.24. The Balaban J connectivity index is 1.31. The number of benzene rings is 1. The number of nitrogens with one attached hydrogen (secondary N) is 1. The number of ether oxygens (including phenoxy) is 1. The van der Waals surface area contributed by atoms with Crippen molar-refractivity contribution in [1.29, 1.82) is 0 Å². The number of nitrogens with zero attached hydrogens (tertiary/aromatic N) is 1. The van der Waals surface area contributed by atoms with Crippen molar-refractivity contribution in [2.75, 3.05) is 26.7 Å². The molecule has 0 unspecified atom stereocenters. The van der Waals surface area contributed by atoms with Gasteiger partial charge in [0, 0.05) is 10.5 Å². The van der Waals surface area contributed by atoms with Crippen molar-refractivity contribution in [3.8, 4) is 5.75 Å². The van der Waals surface area contributed by atoms with E-state index in [9.17, 15) is 8.42 Å². The van der Waals surface area contributed by atoms with Crippen molar-refractivity contribution in [3.05, 3.63) is 28.2 Å². The Labute approximate surface area is 190 Å². The molecule has 0 atom stereocenters. The Hall–Kier alpha value is -0.670. The molecule has 0 radical (unpaired) electrons. The fourth-order valence-electron chi connectivity index (χ4n) is 4.96. The summed E-state index contributed by atoms with van der Waals surface area (Å²) in [5, 5.41) is 5.08. The van der Waals surface area contributed by atoms with E-state index in [0.717, 1.165) is 49.7 Å². The molecule has 1 heterocycles. The molecule has 170 valence electrons. The van der Waals surface area contributed by atoms with E-state index in [2.05, 4.69) is 37.7 Å². The predicted molar refractivity (Wildman–Crippen MR) is 125 cm³/mol. The third-order valence-electron chi connectivity index (χ3n) is 6.73. The Kier molecular flexibility index (Phi) is 9.01. The molecule has 1 aliphatic carbocycles. The SMILES string of the molecule is COc1ccc(Br)c(CC2CCN(CCC[C@H]3CC[C@H](NS(N)(=O)=O)CC3)CC2)c1. The van der Waals surface area contributed by atoms with E-state index in [1.807, 2.05) is 6.07 Å². The molecule has 1 aromatic rings. The number of hydrogen-bond donors (Lipinski definition) is 2. The first-order valence-electron chi connectivity index (χ1n) is 11.2. The summed E-state index contributed by atoms with van der Waals surface area (Å²) in [7, 11) is -1.85. The second kappa shape index (κ2) is 11.3. The highest BCUT2D eigenvalue weighted by Crippen LogP contribution is 2.30. The number of halogens is 1. The average Bonchev–Trinajstić information content (AvgIpc) is 2.71. The Morgan fingerprint density at radius 2 is 1.83 bits per heavy atom. The molecule has 0 bridgehead atoms. The maximum absolute atomic E-state index is 11.2. The topological polar surface area (TPSA) is 84.7 Å². The third-order valence-corrected chi connectivity index (χ3v) is 8.17. The van der Waals surface area contributed by atoms with Gasteiger partial charge in [-0.2, -0.15) is 13.1 Å². The van der Waals surface area contributed by atoms with E-state index in [0.29, 0.717) is 0 Å². The Morgan fingerprint density at radius 1 is 1.13 bits per heavy atom. The van der Waals surface area contributed by atoms with Crippen LogP contribution in [0.15, 0.2) is 22.7 Å². The number of hydrogen-bond acceptors (Lipinski definition) is 4. The molecule has 1 saturated heterocycles. The molecule has 2 aliphatic rings. The smallest absolute Gasteiger partial charge is 0.274 e. The van der Waals surface area contributed by atoms with Crippen LogP contribution in [0.1, 0.15) is 56.9 Å². The maximum atomic E-state index is 11.2. The zero-order valence-electron chi connectivity index (χ0n) is 18.0. The molecular weight excluding hydrogens is 466 g/mol. The van der Waals surface area contributed by atoms with E-state index in [1.54, 1.807) is 7.11 Å². The van der Waals surface area contributed by atoms with Gasteiger partial charge >= 0.3 is 0 Å². The lowest BCUT2D eigenvalue weighted by atomic mass is 9.83. The van der Waals surface area contributed by atoms with Gasteiger partial charge in [-0.3, -0.25) is 0 Å². The van der Waals surface area contributed by atoms with Gasteiger partial charge < -0.3 is 9.64 Å². The lowest BCUT2D eigenvalue weighted by molar-refractivity contribution is 0.175. The van der Waals surface area contributed by atoms with Crippen LogP contribution in [0.25, 0.3) is 0 Å². The molecule has 8 heteroatoms. The van der Waals surface area contributed by atoms with Crippen molar-refractivity contribution >= 4 is 26.1 Å². The maximum Gasteiger partial charge on any atom is 0.274 e. The van der Waals surface area contributed by atoms with Crippen LogP contribution in [0.2, 0.25) is 0 Å². The van der Waals surface area contributed by atoms with E-state index in [1.165, 1.54) is 55.4 Å². The zero-order valence-corrected chi connectivity index (χ0v) is 20.4. The van der Waals surface area contributed by atoms with Crippen LogP contribution in [-0.2, 0) is 16.6 Å². The van der Waals surface area contributed by atoms with Gasteiger partial charge in [-0.05, 0) is 113 Å². The molecule has 1 saturated carbocycles. The zero-order chi connectivity index (χ0) is 21.6. The molecule has 2 fully saturated rings. The van der Waals surface area contributed by atoms with Gasteiger partial charge in [-0.25, -0.2) is 5.14 Å². The molecule has 0 spiro atoms. The minimum absolute atomic E-state index is 0.0277. The van der Waals surface area contributed by atoms with Crippen LogP contribution in [-0.4, -0.2) is 46.1 Å². The molecule has 6 nitrogen and oxygen atoms in total. The fraction of sp³-hybridized carbons (Fsp3) is 0.727. The lowest BCUT2D eigenvalue weighted by Crippen LogP contribution is -2.41. The summed E-state index contributed by atoms with van der Waals surface area (Å²) in [6, 6.07) is 6.27. The van der Waals surface area contributed by atoms with Gasteiger partial charge in [0.25, 0.3) is 10.2 Å².